The van der Waals surface area contributed by atoms with Crippen LogP contribution in [-0.4, -0.2) is 41.1 Å². The summed E-state index contributed by atoms with van der Waals surface area (Å²) < 4.78 is 0. The van der Waals surface area contributed by atoms with Gasteiger partial charge < -0.3 is 15.3 Å². The summed E-state index contributed by atoms with van der Waals surface area (Å²) in [7, 11) is 0. The number of amides is 2. The van der Waals surface area contributed by atoms with E-state index in [-0.39, 0.29) is 18.0 Å². The topological polar surface area (TPSA) is 69.6 Å². The van der Waals surface area contributed by atoms with Gasteiger partial charge in [0.25, 0.3) is 0 Å². The van der Waals surface area contributed by atoms with Gasteiger partial charge in [0.05, 0.1) is 5.92 Å². The molecular formula is C15H24N2O3. The van der Waals surface area contributed by atoms with Crippen LogP contribution in [0.25, 0.3) is 0 Å². The van der Waals surface area contributed by atoms with Crippen LogP contribution < -0.4 is 5.32 Å². The molecule has 0 atom stereocenters. The van der Waals surface area contributed by atoms with E-state index >= 15 is 0 Å². The summed E-state index contributed by atoms with van der Waals surface area (Å²) in [6.07, 6.45) is 7.99. The third-order valence-electron chi connectivity index (χ3n) is 5.54. The Morgan fingerprint density at radius 1 is 1.10 bits per heavy atom. The molecule has 2 N–H and O–H groups in total. The molecule has 0 unspecified atom stereocenters. The molecular weight excluding hydrogens is 256 g/mol. The van der Waals surface area contributed by atoms with Crippen LogP contribution in [0.4, 0.5) is 4.79 Å². The van der Waals surface area contributed by atoms with Crippen molar-refractivity contribution in [2.24, 2.45) is 11.3 Å². The van der Waals surface area contributed by atoms with E-state index in [2.05, 4.69) is 5.32 Å². The van der Waals surface area contributed by atoms with Crippen molar-refractivity contribution in [1.29, 1.82) is 0 Å². The van der Waals surface area contributed by atoms with Crippen molar-refractivity contribution in [1.82, 2.24) is 10.2 Å². The molecule has 20 heavy (non-hydrogen) atoms. The second-order valence-corrected chi connectivity index (χ2v) is 6.86. The molecule has 3 rings (SSSR count). The van der Waals surface area contributed by atoms with Crippen LogP contribution in [0.3, 0.4) is 0 Å². The lowest BCUT2D eigenvalue weighted by Gasteiger charge is -2.38. The van der Waals surface area contributed by atoms with Gasteiger partial charge in [-0.1, -0.05) is 6.42 Å². The minimum absolute atomic E-state index is 0.0625. The molecule has 5 nitrogen and oxygen atoms in total. The van der Waals surface area contributed by atoms with Crippen LogP contribution in [0, 0.1) is 11.3 Å². The molecule has 1 aliphatic heterocycles. The zero-order chi connectivity index (χ0) is 14.2. The highest BCUT2D eigenvalue weighted by Gasteiger charge is 2.44. The SMILES string of the molecule is O=C(O)C1CCC(NC(=O)N2CCC3(CCC3)C2)CC1. The Balaban J connectivity index is 1.44. The van der Waals surface area contributed by atoms with Crippen LogP contribution in [0.1, 0.15) is 51.4 Å². The number of hydrogen-bond acceptors (Lipinski definition) is 2. The van der Waals surface area contributed by atoms with Crippen LogP contribution >= 0.6 is 0 Å². The molecule has 0 aromatic heterocycles. The minimum Gasteiger partial charge on any atom is -0.481 e. The molecule has 5 heteroatoms. The average molecular weight is 280 g/mol. The number of aliphatic carboxylic acids is 1. The van der Waals surface area contributed by atoms with Gasteiger partial charge in [0.2, 0.25) is 0 Å². The van der Waals surface area contributed by atoms with E-state index in [1.807, 2.05) is 4.90 Å². The first-order chi connectivity index (χ1) is 9.58. The van der Waals surface area contributed by atoms with Crippen molar-refractivity contribution in [3.05, 3.63) is 0 Å². The molecule has 2 aliphatic carbocycles. The average Bonchev–Trinajstić information content (AvgIpc) is 2.84. The van der Waals surface area contributed by atoms with E-state index in [1.54, 1.807) is 0 Å². The van der Waals surface area contributed by atoms with Crippen molar-refractivity contribution < 1.29 is 14.7 Å². The molecule has 1 saturated heterocycles. The Hall–Kier alpha value is -1.26. The van der Waals surface area contributed by atoms with Crippen LogP contribution in [0.2, 0.25) is 0 Å². The number of urea groups is 1. The molecule has 0 aromatic rings. The van der Waals surface area contributed by atoms with E-state index in [0.29, 0.717) is 18.3 Å². The Kier molecular flexibility index (Phi) is 3.61. The number of hydrogen-bond donors (Lipinski definition) is 2. The van der Waals surface area contributed by atoms with E-state index < -0.39 is 5.97 Å². The number of carbonyl (C=O) groups excluding carboxylic acids is 1. The van der Waals surface area contributed by atoms with E-state index in [4.69, 9.17) is 5.11 Å². The third-order valence-corrected chi connectivity index (χ3v) is 5.54. The minimum atomic E-state index is -0.693. The molecule has 0 radical (unpaired) electrons. The molecule has 3 fully saturated rings. The highest BCUT2D eigenvalue weighted by Crippen LogP contribution is 2.47. The van der Waals surface area contributed by atoms with E-state index in [0.717, 1.165) is 32.4 Å². The molecule has 2 amide bonds. The number of carboxylic acids is 1. The first-order valence-corrected chi connectivity index (χ1v) is 7.86. The predicted molar refractivity (Wildman–Crippen MR) is 74.4 cm³/mol. The van der Waals surface area contributed by atoms with Gasteiger partial charge in [-0.2, -0.15) is 0 Å². The maximum Gasteiger partial charge on any atom is 0.317 e. The van der Waals surface area contributed by atoms with Crippen LogP contribution in [0.15, 0.2) is 0 Å². The summed E-state index contributed by atoms with van der Waals surface area (Å²) in [5.41, 5.74) is 0.443. The quantitative estimate of drug-likeness (QED) is 0.815. The number of nitrogens with one attached hydrogen (secondary N) is 1. The summed E-state index contributed by atoms with van der Waals surface area (Å²) in [6.45, 7) is 1.81. The van der Waals surface area contributed by atoms with Crippen molar-refractivity contribution >= 4 is 12.0 Å². The molecule has 1 heterocycles. The van der Waals surface area contributed by atoms with Gasteiger partial charge in [-0.25, -0.2) is 4.79 Å². The van der Waals surface area contributed by atoms with Crippen molar-refractivity contribution in [2.75, 3.05) is 13.1 Å². The summed E-state index contributed by atoms with van der Waals surface area (Å²) in [6, 6.07) is 0.226. The third kappa shape index (κ3) is 2.63. The van der Waals surface area contributed by atoms with Crippen LogP contribution in [-0.2, 0) is 4.79 Å². The maximum atomic E-state index is 12.3. The van der Waals surface area contributed by atoms with E-state index in [1.165, 1.54) is 19.3 Å². The molecule has 112 valence electrons. The van der Waals surface area contributed by atoms with Crippen molar-refractivity contribution in [3.8, 4) is 0 Å². The molecule has 2 saturated carbocycles. The van der Waals surface area contributed by atoms with Gasteiger partial charge in [-0.15, -0.1) is 0 Å². The Morgan fingerprint density at radius 2 is 1.80 bits per heavy atom. The lowest BCUT2D eigenvalue weighted by Crippen LogP contribution is -2.46. The zero-order valence-electron chi connectivity index (χ0n) is 11.9. The zero-order valence-corrected chi connectivity index (χ0v) is 11.9. The molecule has 0 bridgehead atoms. The van der Waals surface area contributed by atoms with Gasteiger partial charge in [-0.3, -0.25) is 4.79 Å². The fourth-order valence-electron chi connectivity index (χ4n) is 3.94. The fraction of sp³-hybridized carbons (Fsp3) is 0.867. The summed E-state index contributed by atoms with van der Waals surface area (Å²) in [5.74, 6) is -0.908. The standard InChI is InChI=1S/C15H24N2O3/c18-13(19)11-2-4-12(5-3-11)16-14(20)17-9-8-15(10-17)6-1-7-15/h11-12H,1-10H2,(H,16,20)(H,18,19). The molecule has 1 spiro atoms. The summed E-state index contributed by atoms with van der Waals surface area (Å²) in [5, 5.41) is 12.1. The lowest BCUT2D eigenvalue weighted by molar-refractivity contribution is -0.142. The second-order valence-electron chi connectivity index (χ2n) is 6.86. The fourth-order valence-corrected chi connectivity index (χ4v) is 3.94. The van der Waals surface area contributed by atoms with Gasteiger partial charge in [0.1, 0.15) is 0 Å². The predicted octanol–water partition coefficient (Wildman–Crippen LogP) is 2.22. The Bertz CT molecular complexity index is 398. The number of nitrogens with zero attached hydrogens (tertiary/aromatic N) is 1. The normalized spacial score (nSPS) is 31.9. The lowest BCUT2D eigenvalue weighted by atomic mass is 9.68. The number of rotatable bonds is 2. The van der Waals surface area contributed by atoms with E-state index in [9.17, 15) is 9.59 Å². The van der Waals surface area contributed by atoms with Crippen LogP contribution in [0.5, 0.6) is 0 Å². The maximum absolute atomic E-state index is 12.3. The number of carbonyl (C=O) groups is 2. The van der Waals surface area contributed by atoms with Gasteiger partial charge in [-0.05, 0) is 50.4 Å². The highest BCUT2D eigenvalue weighted by molar-refractivity contribution is 5.75. The molecule has 3 aliphatic rings. The summed E-state index contributed by atoms with van der Waals surface area (Å²) >= 11 is 0. The highest BCUT2D eigenvalue weighted by atomic mass is 16.4. The van der Waals surface area contributed by atoms with Gasteiger partial charge >= 0.3 is 12.0 Å². The summed E-state index contributed by atoms with van der Waals surface area (Å²) in [4.78, 5) is 25.1. The smallest absolute Gasteiger partial charge is 0.317 e. The molecule has 0 aromatic carbocycles. The van der Waals surface area contributed by atoms with Gasteiger partial charge in [0.15, 0.2) is 0 Å². The number of carboxylic acid groups (broad SMARTS) is 1. The van der Waals surface area contributed by atoms with Gasteiger partial charge in [0, 0.05) is 19.1 Å². The first-order valence-electron chi connectivity index (χ1n) is 7.86. The monoisotopic (exact) mass is 280 g/mol. The first kappa shape index (κ1) is 13.7. The number of likely N-dealkylation sites (tertiary alicyclic amines) is 1. The van der Waals surface area contributed by atoms with Crippen molar-refractivity contribution in [3.63, 3.8) is 0 Å². The second kappa shape index (κ2) is 5.26. The van der Waals surface area contributed by atoms with Crippen molar-refractivity contribution in [2.45, 2.75) is 57.4 Å². The largest absolute Gasteiger partial charge is 0.481 e. The Morgan fingerprint density at radius 3 is 2.30 bits per heavy atom. The Labute approximate surface area is 119 Å².